The van der Waals surface area contributed by atoms with Gasteiger partial charge in [-0.15, -0.1) is 0 Å². The molecule has 0 amide bonds. The summed E-state index contributed by atoms with van der Waals surface area (Å²) in [6.07, 6.45) is 9.60. The van der Waals surface area contributed by atoms with E-state index in [1.54, 1.807) is 5.57 Å². The molecule has 0 saturated heterocycles. The summed E-state index contributed by atoms with van der Waals surface area (Å²) in [5.41, 5.74) is 4.37. The minimum Gasteiger partial charge on any atom is -0.0952 e. The van der Waals surface area contributed by atoms with Crippen LogP contribution in [-0.2, 0) is 0 Å². The second-order valence-electron chi connectivity index (χ2n) is 3.03. The maximum atomic E-state index is 4.03. The second-order valence-corrected chi connectivity index (χ2v) is 3.03. The molecular formula is C10H12. The molecule has 52 valence electrons. The van der Waals surface area contributed by atoms with E-state index in [2.05, 4.69) is 18.7 Å². The summed E-state index contributed by atoms with van der Waals surface area (Å²) in [7, 11) is 0. The Morgan fingerprint density at radius 3 is 2.70 bits per heavy atom. The van der Waals surface area contributed by atoms with Crippen molar-refractivity contribution in [1.82, 2.24) is 0 Å². The van der Waals surface area contributed by atoms with Crippen LogP contribution >= 0.6 is 0 Å². The van der Waals surface area contributed by atoms with Crippen LogP contribution in [-0.4, -0.2) is 0 Å². The lowest BCUT2D eigenvalue weighted by Gasteiger charge is -2.06. The summed E-state index contributed by atoms with van der Waals surface area (Å²) in [6, 6.07) is 0. The molecule has 0 aromatic carbocycles. The Kier molecular flexibility index (Phi) is 1.26. The van der Waals surface area contributed by atoms with Gasteiger partial charge >= 0.3 is 0 Å². The highest BCUT2D eigenvalue weighted by Gasteiger charge is 2.17. The van der Waals surface area contributed by atoms with E-state index < -0.39 is 0 Å². The topological polar surface area (TPSA) is 0 Å². The van der Waals surface area contributed by atoms with E-state index in [1.165, 1.54) is 36.8 Å². The van der Waals surface area contributed by atoms with E-state index in [9.17, 15) is 0 Å². The average molecular weight is 132 g/mol. The van der Waals surface area contributed by atoms with Gasteiger partial charge in [-0.3, -0.25) is 0 Å². The van der Waals surface area contributed by atoms with Crippen LogP contribution in [0.5, 0.6) is 0 Å². The molecule has 0 aromatic heterocycles. The summed E-state index contributed by atoms with van der Waals surface area (Å²) in [5.74, 6) is 0. The molecule has 0 heteroatoms. The number of hydrogen-bond donors (Lipinski definition) is 0. The lowest BCUT2D eigenvalue weighted by atomic mass is 9.99. The first-order valence-corrected chi connectivity index (χ1v) is 3.95. The van der Waals surface area contributed by atoms with Gasteiger partial charge < -0.3 is 0 Å². The smallest absolute Gasteiger partial charge is 0.0235 e. The largest absolute Gasteiger partial charge is 0.0952 e. The molecule has 0 unspecified atom stereocenters. The number of hydrogen-bond acceptors (Lipinski definition) is 0. The zero-order valence-corrected chi connectivity index (χ0v) is 6.19. The van der Waals surface area contributed by atoms with E-state index in [0.29, 0.717) is 0 Å². The van der Waals surface area contributed by atoms with Gasteiger partial charge in [-0.25, -0.2) is 0 Å². The first-order chi connectivity index (χ1) is 4.88. The molecule has 1 fully saturated rings. The van der Waals surface area contributed by atoms with Crippen molar-refractivity contribution >= 4 is 0 Å². The van der Waals surface area contributed by atoms with Gasteiger partial charge in [0.2, 0.25) is 0 Å². The molecular weight excluding hydrogens is 120 g/mol. The molecule has 0 N–H and O–H groups in total. The van der Waals surface area contributed by atoms with Gasteiger partial charge in [0.1, 0.15) is 0 Å². The molecule has 2 aliphatic rings. The van der Waals surface area contributed by atoms with Crippen LogP contribution in [0.4, 0.5) is 0 Å². The summed E-state index contributed by atoms with van der Waals surface area (Å²) >= 11 is 0. The molecule has 2 rings (SSSR count). The Bertz CT molecular complexity index is 228. The SMILES string of the molecule is C=C1CCC2=CCCC=C12. The van der Waals surface area contributed by atoms with Crippen LogP contribution in [0.15, 0.2) is 35.5 Å². The molecule has 0 radical (unpaired) electrons. The molecule has 0 heterocycles. The fourth-order valence-corrected chi connectivity index (χ4v) is 1.75. The predicted octanol–water partition coefficient (Wildman–Crippen LogP) is 2.98. The number of rotatable bonds is 0. The Balaban J connectivity index is 2.39. The zero-order valence-electron chi connectivity index (χ0n) is 6.19. The van der Waals surface area contributed by atoms with E-state index in [-0.39, 0.29) is 0 Å². The molecule has 0 spiro atoms. The van der Waals surface area contributed by atoms with Gasteiger partial charge in [0.25, 0.3) is 0 Å². The van der Waals surface area contributed by atoms with Crippen LogP contribution in [0.3, 0.4) is 0 Å². The van der Waals surface area contributed by atoms with Gasteiger partial charge in [-0.2, -0.15) is 0 Å². The average Bonchev–Trinajstić information content (AvgIpc) is 2.34. The van der Waals surface area contributed by atoms with Crippen molar-refractivity contribution < 1.29 is 0 Å². The third-order valence-electron chi connectivity index (χ3n) is 2.33. The monoisotopic (exact) mass is 132 g/mol. The Labute approximate surface area is 61.9 Å². The Morgan fingerprint density at radius 1 is 1.10 bits per heavy atom. The van der Waals surface area contributed by atoms with Crippen molar-refractivity contribution in [3.63, 3.8) is 0 Å². The van der Waals surface area contributed by atoms with Gasteiger partial charge in [-0.1, -0.05) is 18.7 Å². The minimum absolute atomic E-state index is 1.19. The van der Waals surface area contributed by atoms with Crippen molar-refractivity contribution in [2.24, 2.45) is 0 Å². The van der Waals surface area contributed by atoms with Crippen molar-refractivity contribution in [1.29, 1.82) is 0 Å². The van der Waals surface area contributed by atoms with Crippen LogP contribution in [0.2, 0.25) is 0 Å². The van der Waals surface area contributed by atoms with Crippen molar-refractivity contribution in [3.05, 3.63) is 35.5 Å². The third-order valence-corrected chi connectivity index (χ3v) is 2.33. The molecule has 0 bridgehead atoms. The highest BCUT2D eigenvalue weighted by Crippen LogP contribution is 2.37. The minimum atomic E-state index is 1.19. The molecule has 0 atom stereocenters. The third kappa shape index (κ3) is 0.756. The van der Waals surface area contributed by atoms with Gasteiger partial charge in [0, 0.05) is 0 Å². The molecule has 2 aliphatic carbocycles. The highest BCUT2D eigenvalue weighted by atomic mass is 14.2. The zero-order chi connectivity index (χ0) is 6.97. The van der Waals surface area contributed by atoms with Gasteiger partial charge in [0.15, 0.2) is 0 Å². The maximum Gasteiger partial charge on any atom is -0.0235 e. The van der Waals surface area contributed by atoms with Crippen LogP contribution in [0, 0.1) is 0 Å². The maximum absolute atomic E-state index is 4.03. The number of fused-ring (bicyclic) bond motifs is 1. The van der Waals surface area contributed by atoms with Crippen LogP contribution < -0.4 is 0 Å². The van der Waals surface area contributed by atoms with Gasteiger partial charge in [0.05, 0.1) is 0 Å². The number of allylic oxidation sites excluding steroid dienone is 5. The van der Waals surface area contributed by atoms with Crippen LogP contribution in [0.25, 0.3) is 0 Å². The summed E-state index contributed by atoms with van der Waals surface area (Å²) < 4.78 is 0. The molecule has 0 aliphatic heterocycles. The summed E-state index contributed by atoms with van der Waals surface area (Å²) in [5, 5.41) is 0. The Morgan fingerprint density at radius 2 is 1.90 bits per heavy atom. The van der Waals surface area contributed by atoms with Gasteiger partial charge in [-0.05, 0) is 42.4 Å². The highest BCUT2D eigenvalue weighted by molar-refractivity contribution is 5.51. The first-order valence-electron chi connectivity index (χ1n) is 3.95. The van der Waals surface area contributed by atoms with Crippen molar-refractivity contribution in [2.75, 3.05) is 0 Å². The molecule has 10 heavy (non-hydrogen) atoms. The predicted molar refractivity (Wildman–Crippen MR) is 43.8 cm³/mol. The second kappa shape index (κ2) is 2.12. The molecule has 1 saturated carbocycles. The van der Waals surface area contributed by atoms with Crippen molar-refractivity contribution in [3.8, 4) is 0 Å². The first kappa shape index (κ1) is 5.96. The van der Waals surface area contributed by atoms with E-state index in [4.69, 9.17) is 0 Å². The fraction of sp³-hybridized carbons (Fsp3) is 0.400. The normalized spacial score (nSPS) is 23.8. The van der Waals surface area contributed by atoms with E-state index in [1.807, 2.05) is 0 Å². The quantitative estimate of drug-likeness (QED) is 0.475. The van der Waals surface area contributed by atoms with E-state index >= 15 is 0 Å². The summed E-state index contributed by atoms with van der Waals surface area (Å²) in [4.78, 5) is 0. The Hall–Kier alpha value is -0.780. The van der Waals surface area contributed by atoms with E-state index in [0.717, 1.165) is 0 Å². The standard InChI is InChI=1S/C10H12/c1-8-6-7-9-4-2-3-5-10(8)9/h4-5H,1-3,6-7H2. The summed E-state index contributed by atoms with van der Waals surface area (Å²) in [6.45, 7) is 4.03. The lowest BCUT2D eigenvalue weighted by Crippen LogP contribution is -1.86. The lowest BCUT2D eigenvalue weighted by molar-refractivity contribution is 0.982. The fourth-order valence-electron chi connectivity index (χ4n) is 1.75. The van der Waals surface area contributed by atoms with Crippen molar-refractivity contribution in [2.45, 2.75) is 25.7 Å². The molecule has 0 aromatic rings. The van der Waals surface area contributed by atoms with Crippen LogP contribution in [0.1, 0.15) is 25.7 Å². The molecule has 0 nitrogen and oxygen atoms in total.